The third-order valence-electron chi connectivity index (χ3n) is 34.6. The van der Waals surface area contributed by atoms with Crippen LogP contribution in [0, 0.1) is 20.8 Å². The van der Waals surface area contributed by atoms with Crippen molar-refractivity contribution < 1.29 is 0 Å². The van der Waals surface area contributed by atoms with Gasteiger partial charge in [0.05, 0.1) is 5.69 Å². The molecule has 0 bridgehead atoms. The summed E-state index contributed by atoms with van der Waals surface area (Å²) in [6.45, 7) is 68.3. The highest BCUT2D eigenvalue weighted by Crippen LogP contribution is 2.63. The lowest BCUT2D eigenvalue weighted by atomic mass is 9.52. The summed E-state index contributed by atoms with van der Waals surface area (Å²) in [6.07, 6.45) is 17.7. The molecule has 10 aromatic carbocycles. The minimum Gasteiger partial charge on any atom is -0.344 e. The molecule has 0 spiro atoms. The summed E-state index contributed by atoms with van der Waals surface area (Å²) in [5.74, 6) is 1.25. The molecule has 6 nitrogen and oxygen atoms in total. The van der Waals surface area contributed by atoms with E-state index in [9.17, 15) is 0 Å². The van der Waals surface area contributed by atoms with Crippen LogP contribution in [-0.4, -0.2) is 40.2 Å². The first-order chi connectivity index (χ1) is 61.1. The molecule has 690 valence electrons. The lowest BCUT2D eigenvalue weighted by Crippen LogP contribution is -2.47. The van der Waals surface area contributed by atoms with Gasteiger partial charge < -0.3 is 24.5 Å². The fourth-order valence-corrected chi connectivity index (χ4v) is 24.1. The molecule has 0 unspecified atom stereocenters. The van der Waals surface area contributed by atoms with Crippen LogP contribution >= 0.6 is 0 Å². The minimum atomic E-state index is 0.0414. The number of benzene rings is 10. The molecule has 1 aromatic heterocycles. The quantitative estimate of drug-likeness (QED) is 0.143. The van der Waals surface area contributed by atoms with Crippen molar-refractivity contribution in [3.8, 4) is 11.3 Å². The van der Waals surface area contributed by atoms with Gasteiger partial charge in [0.1, 0.15) is 0 Å². The van der Waals surface area contributed by atoms with Crippen LogP contribution in [-0.2, 0) is 79.8 Å². The van der Waals surface area contributed by atoms with Crippen LogP contribution in [0.1, 0.15) is 355 Å². The standard InChI is InChI=1S/C29H36N2.C25H33N.C25H35N.C23H31N.C22H29N/c1-7-28(8-2)23-19-21(5)14-16-26(23)31(6)27-17-15-22(25-13-11-12-18-30-25)20-24(27)29(28,9-3)10-4;1-24(2)20-15-9-10-16-21(20)26(5)22-17-11-14-19(23(22)25(24,3)4)18-12-7-6-8-13-18;1-10-18-14-20-22(12-16(18)3)26(9)23-13-17(4)19(11-2)15-21(23)25(7,8)24(20,5)6;1-22(2,3)18-10-12-20-16(14-18)8-9-17-15-19(23(4,5)6)11-13-21(17)24(20)7;1-15(2)16-11-10-14-19-20(16)22(5,6)21(3,4)17-12-8-9-13-18(17)23(19)7/h11-20H,7-10H2,1-6H3;9-11,14-18H,6-8,12-13H2,1-5H3;12-15H,10-11H2,1-9H3;10-15H,8-9H2,1-7H3;8-15H,1-7H3. The zero-order chi connectivity index (χ0) is 94.9. The van der Waals surface area contributed by atoms with E-state index in [1.54, 1.807) is 11.1 Å². The van der Waals surface area contributed by atoms with Crippen LogP contribution in [0.2, 0.25) is 0 Å². The van der Waals surface area contributed by atoms with Gasteiger partial charge in [-0.2, -0.15) is 0 Å². The molecule has 6 aliphatic rings. The average Bonchev–Trinajstić information content (AvgIpc) is 1.52. The summed E-state index contributed by atoms with van der Waals surface area (Å²) in [5.41, 5.74) is 44.5. The first-order valence-electron chi connectivity index (χ1n) is 50.0. The van der Waals surface area contributed by atoms with Crippen molar-refractivity contribution in [3.05, 3.63) is 312 Å². The van der Waals surface area contributed by atoms with E-state index >= 15 is 0 Å². The maximum absolute atomic E-state index is 4.65. The topological polar surface area (TPSA) is 29.1 Å². The monoisotopic (exact) mass is 1740 g/mol. The Morgan fingerprint density at radius 1 is 0.346 bits per heavy atom. The van der Waals surface area contributed by atoms with Gasteiger partial charge >= 0.3 is 0 Å². The molecule has 6 heteroatoms. The molecular formula is C124H164N6. The second-order valence-electron chi connectivity index (χ2n) is 45.1. The van der Waals surface area contributed by atoms with Gasteiger partial charge in [0.2, 0.25) is 0 Å². The number of hydrogen-bond donors (Lipinski definition) is 0. The second-order valence-corrected chi connectivity index (χ2v) is 45.1. The molecule has 0 saturated heterocycles. The number of nitrogens with zero attached hydrogens (tertiary/aromatic N) is 6. The number of aryl methyl sites for hydroxylation is 7. The Morgan fingerprint density at radius 3 is 1.18 bits per heavy atom. The predicted molar refractivity (Wildman–Crippen MR) is 568 cm³/mol. The molecule has 1 saturated carbocycles. The molecule has 6 heterocycles. The van der Waals surface area contributed by atoms with Crippen LogP contribution in [0.5, 0.6) is 0 Å². The Morgan fingerprint density at radius 2 is 0.731 bits per heavy atom. The summed E-state index contributed by atoms with van der Waals surface area (Å²) in [5, 5.41) is 0. The summed E-state index contributed by atoms with van der Waals surface area (Å²) < 4.78 is 0. The molecule has 11 aromatic rings. The van der Waals surface area contributed by atoms with Crippen molar-refractivity contribution in [3.63, 3.8) is 0 Å². The number of pyridine rings is 1. The van der Waals surface area contributed by atoms with Crippen LogP contribution < -0.4 is 24.5 Å². The number of fused-ring (bicyclic) bond motifs is 10. The lowest BCUT2D eigenvalue weighted by Gasteiger charge is -2.51. The largest absolute Gasteiger partial charge is 0.344 e. The summed E-state index contributed by atoms with van der Waals surface area (Å²) >= 11 is 0. The third-order valence-corrected chi connectivity index (χ3v) is 34.6. The van der Waals surface area contributed by atoms with Crippen molar-refractivity contribution in [1.82, 2.24) is 4.98 Å². The normalized spacial score (nSPS) is 17.7. The van der Waals surface area contributed by atoms with Gasteiger partial charge in [-0.1, -0.05) is 326 Å². The Balaban J connectivity index is 0.000000139. The number of aromatic nitrogens is 1. The highest BCUT2D eigenvalue weighted by atomic mass is 15.1. The predicted octanol–water partition coefficient (Wildman–Crippen LogP) is 34.1. The van der Waals surface area contributed by atoms with Gasteiger partial charge in [0, 0.05) is 147 Å². The van der Waals surface area contributed by atoms with E-state index in [0.717, 1.165) is 63.0 Å². The zero-order valence-electron chi connectivity index (χ0n) is 87.2. The smallest absolute Gasteiger partial charge is 0.0702 e. The lowest BCUT2D eigenvalue weighted by molar-refractivity contribution is 0.180. The van der Waals surface area contributed by atoms with E-state index in [1.807, 2.05) is 12.3 Å². The highest BCUT2D eigenvalue weighted by molar-refractivity contribution is 5.82. The van der Waals surface area contributed by atoms with Crippen LogP contribution in [0.25, 0.3) is 11.3 Å². The summed E-state index contributed by atoms with van der Waals surface area (Å²) in [7, 11) is 11.1. The number of hydrogen-bond acceptors (Lipinski definition) is 6. The van der Waals surface area contributed by atoms with Crippen LogP contribution in [0.3, 0.4) is 0 Å². The van der Waals surface area contributed by atoms with Crippen LogP contribution in [0.4, 0.5) is 56.9 Å². The van der Waals surface area contributed by atoms with Crippen molar-refractivity contribution in [2.24, 2.45) is 0 Å². The molecule has 1 fully saturated rings. The molecule has 130 heavy (non-hydrogen) atoms. The van der Waals surface area contributed by atoms with E-state index in [0.29, 0.717) is 5.92 Å². The minimum absolute atomic E-state index is 0.0414. The molecule has 5 aliphatic heterocycles. The van der Waals surface area contributed by atoms with Gasteiger partial charge in [0.25, 0.3) is 0 Å². The number of anilines is 10. The molecule has 0 amide bonds. The van der Waals surface area contributed by atoms with Gasteiger partial charge in [-0.05, 0) is 287 Å². The molecule has 1 aliphatic carbocycles. The summed E-state index contributed by atoms with van der Waals surface area (Å²) in [4.78, 5) is 16.7. The first kappa shape index (κ1) is 97.9. The fraction of sp³-hybridized carbons (Fsp3) is 0.476. The maximum Gasteiger partial charge on any atom is 0.0702 e. The highest BCUT2D eigenvalue weighted by Gasteiger charge is 2.55. The van der Waals surface area contributed by atoms with Crippen molar-refractivity contribution in [1.29, 1.82) is 0 Å². The van der Waals surface area contributed by atoms with Crippen LogP contribution in [0.15, 0.2) is 206 Å². The average molecular weight is 1740 g/mol. The Labute approximate surface area is 790 Å². The van der Waals surface area contributed by atoms with Crippen molar-refractivity contribution >= 4 is 56.9 Å². The van der Waals surface area contributed by atoms with Crippen molar-refractivity contribution in [2.45, 2.75) is 350 Å². The van der Waals surface area contributed by atoms with E-state index < -0.39 is 0 Å². The molecule has 0 atom stereocenters. The molecule has 0 N–H and O–H groups in total. The van der Waals surface area contributed by atoms with Gasteiger partial charge in [0.15, 0.2) is 0 Å². The molecule has 17 rings (SSSR count). The Kier molecular flexibility index (Phi) is 27.9. The number of rotatable bonds is 9. The SMILES string of the molecule is CC(C)c1cccc2c1C(C)(C)C(C)(C)c1ccccc1N2C.CCC1(CC)c2cc(C)ccc2N(C)c2ccc(-c3ccccn3)cc2C1(CC)CC.CCc1cc2c(cc1C)N(C)c1cc(C)c(CC)cc1C(C)(C)C2(C)C.CN1c2ccc(C(C)(C)C)cc2CCc2cc(C(C)(C)C)ccc21.CN1c2ccccc2C(C)(C)C(C)(C)c2c(C3CCCCC3)cccc21. The third kappa shape index (κ3) is 17.0. The van der Waals surface area contributed by atoms with E-state index in [-0.39, 0.29) is 54.1 Å². The first-order valence-corrected chi connectivity index (χ1v) is 50.0. The zero-order valence-corrected chi connectivity index (χ0v) is 87.2. The molecule has 0 radical (unpaired) electrons. The molecular weight excluding hydrogens is 1570 g/mol. The van der Waals surface area contributed by atoms with E-state index in [2.05, 4.69) is 460 Å². The summed E-state index contributed by atoms with van der Waals surface area (Å²) in [6, 6.07) is 75.8. The fourth-order valence-electron chi connectivity index (χ4n) is 24.1. The van der Waals surface area contributed by atoms with Gasteiger partial charge in [-0.3, -0.25) is 4.98 Å². The van der Waals surface area contributed by atoms with Gasteiger partial charge in [-0.25, -0.2) is 0 Å². The number of para-hydroxylation sites is 2. The van der Waals surface area contributed by atoms with E-state index in [4.69, 9.17) is 0 Å². The Bertz CT molecular complexity index is 5750. The second kappa shape index (κ2) is 37.1. The van der Waals surface area contributed by atoms with Gasteiger partial charge in [-0.15, -0.1) is 0 Å². The van der Waals surface area contributed by atoms with E-state index in [1.165, 1.54) is 189 Å². The van der Waals surface area contributed by atoms with Crippen molar-refractivity contribution in [2.75, 3.05) is 59.7 Å². The Hall–Kier alpha value is -9.65. The maximum atomic E-state index is 4.65.